The van der Waals surface area contributed by atoms with Crippen molar-refractivity contribution in [3.8, 4) is 10.4 Å². The summed E-state index contributed by atoms with van der Waals surface area (Å²) in [4.78, 5) is 1.52. The molecule has 0 amide bonds. The molecule has 2 aromatic rings. The lowest BCUT2D eigenvalue weighted by atomic mass is 10.1. The number of hydrogen-bond donors (Lipinski definition) is 1. The highest BCUT2D eigenvalue weighted by molar-refractivity contribution is 7.15. The highest BCUT2D eigenvalue weighted by atomic mass is 32.1. The predicted octanol–water partition coefficient (Wildman–Crippen LogP) is 5.28. The standard InChI is InChI=1S/C16H18F3NS/c1-3-5-13(20-4-2)14-6-7-15(21-14)16-11(18)8-10(17)9-12(16)19/h6-9,13,20H,3-5H2,1-2H3. The van der Waals surface area contributed by atoms with E-state index in [2.05, 4.69) is 12.2 Å². The second-order valence-electron chi connectivity index (χ2n) is 4.85. The van der Waals surface area contributed by atoms with Gasteiger partial charge in [0.1, 0.15) is 17.5 Å². The molecule has 1 N–H and O–H groups in total. The average molecular weight is 313 g/mol. The number of nitrogens with one attached hydrogen (secondary N) is 1. The molecule has 0 aliphatic heterocycles. The molecule has 1 unspecified atom stereocenters. The van der Waals surface area contributed by atoms with Crippen LogP contribution in [0.3, 0.4) is 0 Å². The summed E-state index contributed by atoms with van der Waals surface area (Å²) in [5.74, 6) is -2.63. The van der Waals surface area contributed by atoms with Crippen molar-refractivity contribution in [3.63, 3.8) is 0 Å². The fourth-order valence-electron chi connectivity index (χ4n) is 2.33. The summed E-state index contributed by atoms with van der Waals surface area (Å²) in [5, 5.41) is 3.37. The summed E-state index contributed by atoms with van der Waals surface area (Å²) < 4.78 is 40.6. The predicted molar refractivity (Wildman–Crippen MR) is 81.0 cm³/mol. The summed E-state index contributed by atoms with van der Waals surface area (Å²) in [7, 11) is 0. The van der Waals surface area contributed by atoms with Crippen molar-refractivity contribution in [1.82, 2.24) is 5.32 Å². The van der Waals surface area contributed by atoms with Crippen molar-refractivity contribution in [2.24, 2.45) is 0 Å². The van der Waals surface area contributed by atoms with Crippen molar-refractivity contribution in [3.05, 3.63) is 46.6 Å². The molecule has 0 saturated carbocycles. The van der Waals surface area contributed by atoms with Gasteiger partial charge in [-0.2, -0.15) is 0 Å². The maximum absolute atomic E-state index is 13.8. The zero-order valence-corrected chi connectivity index (χ0v) is 12.9. The first kappa shape index (κ1) is 16.0. The van der Waals surface area contributed by atoms with E-state index in [1.54, 1.807) is 6.07 Å². The van der Waals surface area contributed by atoms with E-state index < -0.39 is 17.5 Å². The lowest BCUT2D eigenvalue weighted by Crippen LogP contribution is -2.19. The van der Waals surface area contributed by atoms with Crippen LogP contribution in [0.4, 0.5) is 13.2 Å². The Morgan fingerprint density at radius 3 is 2.33 bits per heavy atom. The van der Waals surface area contributed by atoms with E-state index in [0.29, 0.717) is 17.0 Å². The Labute approximate surface area is 126 Å². The molecule has 1 aromatic carbocycles. The zero-order chi connectivity index (χ0) is 15.4. The Bertz CT molecular complexity index is 580. The van der Waals surface area contributed by atoms with Gasteiger partial charge in [-0.1, -0.05) is 20.3 Å². The summed E-state index contributed by atoms with van der Waals surface area (Å²) >= 11 is 1.34. The number of hydrogen-bond acceptors (Lipinski definition) is 2. The highest BCUT2D eigenvalue weighted by Crippen LogP contribution is 2.36. The summed E-state index contributed by atoms with van der Waals surface area (Å²) in [6, 6.07) is 5.19. The minimum atomic E-state index is -0.901. The maximum atomic E-state index is 13.8. The third-order valence-corrected chi connectivity index (χ3v) is 4.47. The topological polar surface area (TPSA) is 12.0 Å². The van der Waals surface area contributed by atoms with Crippen LogP contribution in [0, 0.1) is 17.5 Å². The van der Waals surface area contributed by atoms with Gasteiger partial charge in [-0.15, -0.1) is 11.3 Å². The quantitative estimate of drug-likeness (QED) is 0.764. The molecular formula is C16H18F3NS. The molecule has 0 fully saturated rings. The molecule has 1 heterocycles. The first-order chi connectivity index (χ1) is 10.1. The van der Waals surface area contributed by atoms with E-state index in [1.807, 2.05) is 13.0 Å². The van der Waals surface area contributed by atoms with Gasteiger partial charge in [0.15, 0.2) is 0 Å². The van der Waals surface area contributed by atoms with Crippen molar-refractivity contribution >= 4 is 11.3 Å². The largest absolute Gasteiger partial charge is 0.310 e. The van der Waals surface area contributed by atoms with Crippen molar-refractivity contribution in [2.45, 2.75) is 32.7 Å². The molecule has 5 heteroatoms. The molecule has 1 aromatic heterocycles. The van der Waals surface area contributed by atoms with Gasteiger partial charge >= 0.3 is 0 Å². The SMILES string of the molecule is CCCC(NCC)c1ccc(-c2c(F)cc(F)cc2F)s1. The Morgan fingerprint density at radius 2 is 1.76 bits per heavy atom. The molecule has 2 rings (SSSR count). The van der Waals surface area contributed by atoms with E-state index in [1.165, 1.54) is 11.3 Å². The van der Waals surface area contributed by atoms with Crippen LogP contribution in [-0.2, 0) is 0 Å². The van der Waals surface area contributed by atoms with Gasteiger partial charge in [-0.05, 0) is 25.1 Å². The van der Waals surface area contributed by atoms with Crippen LogP contribution in [0.25, 0.3) is 10.4 Å². The normalized spacial score (nSPS) is 12.6. The molecule has 1 nitrogen and oxygen atoms in total. The molecule has 0 saturated heterocycles. The molecule has 21 heavy (non-hydrogen) atoms. The summed E-state index contributed by atoms with van der Waals surface area (Å²) in [5.41, 5.74) is -0.153. The van der Waals surface area contributed by atoms with Crippen molar-refractivity contribution in [2.75, 3.05) is 6.54 Å². The smallest absolute Gasteiger partial charge is 0.137 e. The van der Waals surface area contributed by atoms with Crippen LogP contribution < -0.4 is 5.32 Å². The van der Waals surface area contributed by atoms with Crippen LogP contribution >= 0.6 is 11.3 Å². The molecule has 0 radical (unpaired) electrons. The molecular weight excluding hydrogens is 295 g/mol. The van der Waals surface area contributed by atoms with Gasteiger partial charge in [0.2, 0.25) is 0 Å². The van der Waals surface area contributed by atoms with Crippen molar-refractivity contribution in [1.29, 1.82) is 0 Å². The lowest BCUT2D eigenvalue weighted by molar-refractivity contribution is 0.516. The van der Waals surface area contributed by atoms with E-state index in [0.717, 1.165) is 24.3 Å². The van der Waals surface area contributed by atoms with E-state index >= 15 is 0 Å². The minimum absolute atomic E-state index is 0.153. The van der Waals surface area contributed by atoms with Crippen LogP contribution in [0.2, 0.25) is 0 Å². The Morgan fingerprint density at radius 1 is 1.10 bits per heavy atom. The fourth-order valence-corrected chi connectivity index (χ4v) is 3.50. The highest BCUT2D eigenvalue weighted by Gasteiger charge is 2.18. The van der Waals surface area contributed by atoms with Crippen LogP contribution in [-0.4, -0.2) is 6.54 Å². The third kappa shape index (κ3) is 3.66. The van der Waals surface area contributed by atoms with Gasteiger partial charge in [0.05, 0.1) is 5.56 Å². The number of thiophene rings is 1. The Kier molecular flexibility index (Phi) is 5.42. The average Bonchev–Trinajstić information content (AvgIpc) is 2.86. The van der Waals surface area contributed by atoms with Crippen molar-refractivity contribution < 1.29 is 13.2 Å². The molecule has 0 aliphatic carbocycles. The van der Waals surface area contributed by atoms with E-state index in [4.69, 9.17) is 0 Å². The third-order valence-electron chi connectivity index (χ3n) is 3.25. The molecule has 0 spiro atoms. The molecule has 114 valence electrons. The number of benzene rings is 1. The number of halogens is 3. The second-order valence-corrected chi connectivity index (χ2v) is 5.96. The molecule has 0 bridgehead atoms. The first-order valence-corrected chi connectivity index (χ1v) is 7.86. The van der Waals surface area contributed by atoms with Gasteiger partial charge in [0, 0.05) is 27.9 Å². The van der Waals surface area contributed by atoms with Gasteiger partial charge in [-0.25, -0.2) is 13.2 Å². The minimum Gasteiger partial charge on any atom is -0.310 e. The van der Waals surface area contributed by atoms with Gasteiger partial charge < -0.3 is 5.32 Å². The second kappa shape index (κ2) is 7.09. The first-order valence-electron chi connectivity index (χ1n) is 7.04. The summed E-state index contributed by atoms with van der Waals surface area (Å²) in [6.45, 7) is 4.95. The Hall–Kier alpha value is -1.33. The monoisotopic (exact) mass is 313 g/mol. The van der Waals surface area contributed by atoms with Gasteiger partial charge in [0.25, 0.3) is 0 Å². The zero-order valence-electron chi connectivity index (χ0n) is 12.1. The number of rotatable bonds is 6. The molecule has 0 aliphatic rings. The molecule has 1 atom stereocenters. The van der Waals surface area contributed by atoms with Crippen LogP contribution in [0.15, 0.2) is 24.3 Å². The lowest BCUT2D eigenvalue weighted by Gasteiger charge is -2.15. The van der Waals surface area contributed by atoms with Crippen LogP contribution in [0.5, 0.6) is 0 Å². The maximum Gasteiger partial charge on any atom is 0.137 e. The van der Waals surface area contributed by atoms with Gasteiger partial charge in [-0.3, -0.25) is 0 Å². The van der Waals surface area contributed by atoms with Crippen LogP contribution in [0.1, 0.15) is 37.6 Å². The summed E-state index contributed by atoms with van der Waals surface area (Å²) in [6.07, 6.45) is 1.98. The Balaban J connectivity index is 2.35. The van der Waals surface area contributed by atoms with E-state index in [9.17, 15) is 13.2 Å². The fraction of sp³-hybridized carbons (Fsp3) is 0.375. The van der Waals surface area contributed by atoms with E-state index in [-0.39, 0.29) is 11.6 Å².